The molecule has 1 saturated heterocycles. The Labute approximate surface area is 157 Å². The Bertz CT molecular complexity index is 916. The molecule has 27 heavy (non-hydrogen) atoms. The van der Waals surface area contributed by atoms with Gasteiger partial charge in [-0.2, -0.15) is 4.31 Å². The number of hydrogen-bond acceptors (Lipinski definition) is 4. The fraction of sp³-hybridized carbons (Fsp3) is 0.316. The molecule has 3 rings (SSSR count). The first-order valence-electron chi connectivity index (χ1n) is 8.66. The van der Waals surface area contributed by atoms with Crippen molar-refractivity contribution in [1.29, 1.82) is 0 Å². The van der Waals surface area contributed by atoms with Crippen molar-refractivity contribution in [1.82, 2.24) is 9.21 Å². The molecule has 8 heteroatoms. The molecule has 0 saturated carbocycles. The van der Waals surface area contributed by atoms with Gasteiger partial charge in [-0.1, -0.05) is 12.1 Å². The lowest BCUT2D eigenvalue weighted by Gasteiger charge is -2.22. The average Bonchev–Trinajstić information content (AvgIpc) is 2.88. The second-order valence-electron chi connectivity index (χ2n) is 6.49. The van der Waals surface area contributed by atoms with Gasteiger partial charge in [0.05, 0.1) is 10.5 Å². The molecular formula is C19H21FN2O4S. The number of nitrogens with zero attached hydrogens (tertiary/aromatic N) is 2. The highest BCUT2D eigenvalue weighted by molar-refractivity contribution is 7.89. The zero-order chi connectivity index (χ0) is 19.4. The van der Waals surface area contributed by atoms with Crippen molar-refractivity contribution in [3.8, 4) is 0 Å². The first-order chi connectivity index (χ1) is 12.9. The molecule has 0 unspecified atom stereocenters. The number of benzene rings is 2. The molecule has 2 aromatic rings. The van der Waals surface area contributed by atoms with Crippen LogP contribution in [0.5, 0.6) is 0 Å². The minimum atomic E-state index is -3.65. The number of carboxylic acids is 1. The van der Waals surface area contributed by atoms with Crippen LogP contribution in [-0.2, 0) is 16.6 Å². The van der Waals surface area contributed by atoms with Gasteiger partial charge < -0.3 is 5.11 Å². The molecule has 0 aromatic heterocycles. The van der Waals surface area contributed by atoms with Gasteiger partial charge in [-0.15, -0.1) is 0 Å². The van der Waals surface area contributed by atoms with Gasteiger partial charge in [-0.05, 0) is 54.9 Å². The number of carboxylic acid groups (broad SMARTS) is 1. The van der Waals surface area contributed by atoms with Crippen LogP contribution in [0.4, 0.5) is 4.39 Å². The lowest BCUT2D eigenvalue weighted by atomic mass is 10.1. The van der Waals surface area contributed by atoms with Crippen LogP contribution in [0.3, 0.4) is 0 Å². The first-order valence-corrected chi connectivity index (χ1v) is 10.1. The normalized spacial score (nSPS) is 16.8. The Hall–Kier alpha value is -2.29. The second-order valence-corrected chi connectivity index (χ2v) is 8.43. The van der Waals surface area contributed by atoms with Gasteiger partial charge >= 0.3 is 5.97 Å². The zero-order valence-corrected chi connectivity index (χ0v) is 15.5. The van der Waals surface area contributed by atoms with Gasteiger partial charge in [0.25, 0.3) is 0 Å². The van der Waals surface area contributed by atoms with Crippen LogP contribution in [0, 0.1) is 5.82 Å². The summed E-state index contributed by atoms with van der Waals surface area (Å²) in [5, 5.41) is 9.10. The molecule has 1 heterocycles. The van der Waals surface area contributed by atoms with Crippen LogP contribution in [0.25, 0.3) is 0 Å². The first kappa shape index (κ1) is 19.5. The summed E-state index contributed by atoms with van der Waals surface area (Å²) < 4.78 is 40.0. The van der Waals surface area contributed by atoms with E-state index in [0.29, 0.717) is 39.1 Å². The van der Waals surface area contributed by atoms with Crippen molar-refractivity contribution in [3.05, 3.63) is 65.5 Å². The fourth-order valence-corrected chi connectivity index (χ4v) is 4.63. The molecule has 6 nitrogen and oxygen atoms in total. The molecule has 0 amide bonds. The molecule has 2 aromatic carbocycles. The second kappa shape index (κ2) is 8.16. The Morgan fingerprint density at radius 1 is 1.04 bits per heavy atom. The van der Waals surface area contributed by atoms with Gasteiger partial charge in [0, 0.05) is 26.2 Å². The van der Waals surface area contributed by atoms with E-state index >= 15 is 0 Å². The molecule has 1 aliphatic rings. The maximum atomic E-state index is 13.1. The Kier molecular flexibility index (Phi) is 5.88. The van der Waals surface area contributed by atoms with Crippen LogP contribution >= 0.6 is 0 Å². The minimum Gasteiger partial charge on any atom is -0.478 e. The highest BCUT2D eigenvalue weighted by Gasteiger charge is 2.27. The molecule has 0 aliphatic carbocycles. The van der Waals surface area contributed by atoms with Crippen LogP contribution in [-0.4, -0.2) is 54.9 Å². The number of halogens is 1. The highest BCUT2D eigenvalue weighted by atomic mass is 32.2. The number of aromatic carboxylic acids is 1. The molecule has 0 radical (unpaired) electrons. The molecule has 1 N–H and O–H groups in total. The van der Waals surface area contributed by atoms with E-state index in [1.807, 2.05) is 6.07 Å². The molecule has 144 valence electrons. The topological polar surface area (TPSA) is 77.9 Å². The third kappa shape index (κ3) is 4.71. The van der Waals surface area contributed by atoms with E-state index in [2.05, 4.69) is 4.90 Å². The van der Waals surface area contributed by atoms with Crippen LogP contribution in [0.15, 0.2) is 53.4 Å². The third-order valence-corrected chi connectivity index (χ3v) is 6.49. The molecule has 0 atom stereocenters. The minimum absolute atomic E-state index is 0.0894. The summed E-state index contributed by atoms with van der Waals surface area (Å²) in [6.07, 6.45) is 0.666. The molecular weight excluding hydrogens is 371 g/mol. The van der Waals surface area contributed by atoms with Gasteiger partial charge in [0.2, 0.25) is 10.0 Å². The predicted octanol–water partition coefficient (Wildman–Crippen LogP) is 2.42. The molecule has 1 aliphatic heterocycles. The molecule has 0 spiro atoms. The van der Waals surface area contributed by atoms with Crippen molar-refractivity contribution < 1.29 is 22.7 Å². The van der Waals surface area contributed by atoms with Crippen LogP contribution in [0.2, 0.25) is 0 Å². The van der Waals surface area contributed by atoms with E-state index in [4.69, 9.17) is 5.11 Å². The highest BCUT2D eigenvalue weighted by Crippen LogP contribution is 2.19. The van der Waals surface area contributed by atoms with Crippen molar-refractivity contribution in [3.63, 3.8) is 0 Å². The van der Waals surface area contributed by atoms with E-state index in [1.165, 1.54) is 16.4 Å². The summed E-state index contributed by atoms with van der Waals surface area (Å²) in [5.41, 5.74) is 1.12. The summed E-state index contributed by atoms with van der Waals surface area (Å²) >= 11 is 0. The lowest BCUT2D eigenvalue weighted by molar-refractivity contribution is 0.0696. The Morgan fingerprint density at radius 2 is 1.78 bits per heavy atom. The summed E-state index contributed by atoms with van der Waals surface area (Å²) in [6.45, 7) is 2.54. The number of hydrogen-bond donors (Lipinski definition) is 1. The van der Waals surface area contributed by atoms with E-state index in [0.717, 1.165) is 17.7 Å². The smallest absolute Gasteiger partial charge is 0.335 e. The van der Waals surface area contributed by atoms with Crippen molar-refractivity contribution in [2.45, 2.75) is 17.9 Å². The van der Waals surface area contributed by atoms with Crippen LogP contribution < -0.4 is 0 Å². The van der Waals surface area contributed by atoms with E-state index < -0.39 is 21.8 Å². The summed E-state index contributed by atoms with van der Waals surface area (Å²) in [7, 11) is -3.65. The summed E-state index contributed by atoms with van der Waals surface area (Å²) in [6, 6.07) is 11.6. The molecule has 1 fully saturated rings. The van der Waals surface area contributed by atoms with Gasteiger partial charge in [0.1, 0.15) is 5.82 Å². The SMILES string of the molecule is O=C(O)c1cccc(CN2CCCN(S(=O)(=O)c3ccc(F)cc3)CC2)c1. The fourth-order valence-electron chi connectivity index (χ4n) is 3.16. The van der Waals surface area contributed by atoms with Gasteiger partial charge in [0.15, 0.2) is 0 Å². The zero-order valence-electron chi connectivity index (χ0n) is 14.7. The average molecular weight is 392 g/mol. The standard InChI is InChI=1S/C19H21FN2O4S/c20-17-5-7-18(8-6-17)27(25,26)22-10-2-9-21(11-12-22)14-15-3-1-4-16(13-15)19(23)24/h1,3-8,13H,2,9-12,14H2,(H,23,24). The van der Waals surface area contributed by atoms with Gasteiger partial charge in [-0.3, -0.25) is 4.90 Å². The maximum absolute atomic E-state index is 13.1. The van der Waals surface area contributed by atoms with Crippen LogP contribution in [0.1, 0.15) is 22.3 Å². The summed E-state index contributed by atoms with van der Waals surface area (Å²) in [5.74, 6) is -1.44. The quantitative estimate of drug-likeness (QED) is 0.846. The lowest BCUT2D eigenvalue weighted by Crippen LogP contribution is -2.35. The van der Waals surface area contributed by atoms with E-state index in [-0.39, 0.29) is 10.5 Å². The van der Waals surface area contributed by atoms with E-state index in [1.54, 1.807) is 18.2 Å². The predicted molar refractivity (Wildman–Crippen MR) is 98.5 cm³/mol. The van der Waals surface area contributed by atoms with Crippen molar-refractivity contribution >= 4 is 16.0 Å². The number of carbonyl (C=O) groups is 1. The molecule has 0 bridgehead atoms. The summed E-state index contributed by atoms with van der Waals surface area (Å²) in [4.78, 5) is 13.3. The maximum Gasteiger partial charge on any atom is 0.335 e. The monoisotopic (exact) mass is 392 g/mol. The Balaban J connectivity index is 1.67. The van der Waals surface area contributed by atoms with Gasteiger partial charge in [-0.25, -0.2) is 17.6 Å². The third-order valence-electron chi connectivity index (χ3n) is 4.58. The largest absolute Gasteiger partial charge is 0.478 e. The van der Waals surface area contributed by atoms with Crippen molar-refractivity contribution in [2.75, 3.05) is 26.2 Å². The van der Waals surface area contributed by atoms with Crippen molar-refractivity contribution in [2.24, 2.45) is 0 Å². The number of sulfonamides is 1. The van der Waals surface area contributed by atoms with E-state index in [9.17, 15) is 17.6 Å². The Morgan fingerprint density at radius 3 is 2.48 bits per heavy atom. The number of rotatable bonds is 5.